The first-order valence-electron chi connectivity index (χ1n) is 4.68. The monoisotopic (exact) mass is 298 g/mol. The molecule has 0 unspecified atom stereocenters. The number of hydrogen-bond donors (Lipinski definition) is 2. The van der Waals surface area contributed by atoms with Gasteiger partial charge in [-0.25, -0.2) is 4.98 Å². The van der Waals surface area contributed by atoms with Crippen LogP contribution in [0.3, 0.4) is 0 Å². The van der Waals surface area contributed by atoms with Crippen LogP contribution in [-0.4, -0.2) is 31.1 Å². The average molecular weight is 298 g/mol. The number of rotatable bonds is 4. The van der Waals surface area contributed by atoms with E-state index in [9.17, 15) is 10.1 Å². The summed E-state index contributed by atoms with van der Waals surface area (Å²) in [5.41, 5.74) is 6.94. The third-order valence-corrected chi connectivity index (χ3v) is 3.75. The van der Waals surface area contributed by atoms with E-state index < -0.39 is 4.92 Å². The summed E-state index contributed by atoms with van der Waals surface area (Å²) in [6.07, 6.45) is 1.09. The molecule has 0 saturated carbocycles. The Hall–Kier alpha value is -2.27. The molecule has 0 atom stereocenters. The van der Waals surface area contributed by atoms with Crippen LogP contribution >= 0.6 is 23.1 Å². The fourth-order valence-electron chi connectivity index (χ4n) is 1.15. The van der Waals surface area contributed by atoms with Crippen LogP contribution < -0.4 is 5.73 Å². The van der Waals surface area contributed by atoms with E-state index in [1.54, 1.807) is 0 Å². The van der Waals surface area contributed by atoms with E-state index in [1.807, 2.05) is 0 Å². The quantitative estimate of drug-likeness (QED) is 0.281. The van der Waals surface area contributed by atoms with Gasteiger partial charge in [0.15, 0.2) is 10.2 Å². The first-order chi connectivity index (χ1) is 9.11. The highest BCUT2D eigenvalue weighted by Gasteiger charge is 2.17. The molecule has 0 aliphatic rings. The summed E-state index contributed by atoms with van der Waals surface area (Å²) in [4.78, 5) is 14.0. The van der Waals surface area contributed by atoms with Crippen LogP contribution in [0.1, 0.15) is 5.56 Å². The van der Waals surface area contributed by atoms with Crippen molar-refractivity contribution in [2.75, 3.05) is 0 Å². The molecule has 0 aliphatic carbocycles. The van der Waals surface area contributed by atoms with E-state index in [2.05, 4.69) is 20.3 Å². The first-order valence-corrected chi connectivity index (χ1v) is 6.37. The number of oxime groups is 1. The second kappa shape index (κ2) is 5.58. The van der Waals surface area contributed by atoms with E-state index >= 15 is 0 Å². The smallest absolute Gasteiger partial charge is 0.288 e. The fourth-order valence-corrected chi connectivity index (χ4v) is 2.62. The van der Waals surface area contributed by atoms with Gasteiger partial charge in [-0.05, 0) is 11.8 Å². The third kappa shape index (κ3) is 2.95. The summed E-state index contributed by atoms with van der Waals surface area (Å²) in [5.74, 6) is -0.261. The van der Waals surface area contributed by atoms with Crippen molar-refractivity contribution in [2.45, 2.75) is 9.37 Å². The lowest BCUT2D eigenvalue weighted by molar-refractivity contribution is -0.385. The van der Waals surface area contributed by atoms with Gasteiger partial charge in [0.1, 0.15) is 16.7 Å². The molecule has 98 valence electrons. The molecular formula is C8H6N6O3S2. The van der Waals surface area contributed by atoms with Crippen LogP contribution in [0.15, 0.2) is 32.3 Å². The highest BCUT2D eigenvalue weighted by atomic mass is 32.2. The highest BCUT2D eigenvalue weighted by Crippen LogP contribution is 2.30. The second-order valence-corrected chi connectivity index (χ2v) is 5.16. The number of amidine groups is 1. The topological polar surface area (TPSA) is 140 Å². The standard InChI is InChI=1S/C8H6N6O3S2/c9-6(13-15)5-1-4(14(16)17)2-10-7(5)19-8-12-11-3-18-8/h1-3,15H,(H2,9,13). The van der Waals surface area contributed by atoms with Gasteiger partial charge in [-0.3, -0.25) is 10.1 Å². The molecule has 2 heterocycles. The summed E-state index contributed by atoms with van der Waals surface area (Å²) in [6, 6.07) is 1.19. The Kier molecular flexibility index (Phi) is 3.87. The van der Waals surface area contributed by atoms with Crippen molar-refractivity contribution in [3.63, 3.8) is 0 Å². The van der Waals surface area contributed by atoms with Crippen molar-refractivity contribution in [1.82, 2.24) is 15.2 Å². The minimum atomic E-state index is -0.611. The Bertz CT molecular complexity index is 629. The van der Waals surface area contributed by atoms with Crippen LogP contribution in [-0.2, 0) is 0 Å². The molecule has 0 bridgehead atoms. The Morgan fingerprint density at radius 2 is 2.42 bits per heavy atom. The number of hydrogen-bond acceptors (Lipinski definition) is 9. The number of nitrogens with two attached hydrogens (primary N) is 1. The zero-order valence-corrected chi connectivity index (χ0v) is 10.8. The number of aromatic nitrogens is 3. The molecule has 0 amide bonds. The van der Waals surface area contributed by atoms with Crippen LogP contribution in [0, 0.1) is 10.1 Å². The SMILES string of the molecule is NC(=NO)c1cc([N+](=O)[O-])cnc1Sc1nncs1. The Morgan fingerprint density at radius 3 is 3.00 bits per heavy atom. The number of pyridine rings is 1. The Labute approximate surface area is 114 Å². The molecule has 0 radical (unpaired) electrons. The Morgan fingerprint density at radius 1 is 1.63 bits per heavy atom. The molecule has 3 N–H and O–H groups in total. The summed E-state index contributed by atoms with van der Waals surface area (Å²) in [6.45, 7) is 0. The molecule has 2 aromatic heterocycles. The number of nitro groups is 1. The van der Waals surface area contributed by atoms with Gasteiger partial charge in [-0.2, -0.15) is 0 Å². The predicted octanol–water partition coefficient (Wildman–Crippen LogP) is 1.09. The van der Waals surface area contributed by atoms with Crippen molar-refractivity contribution in [3.05, 3.63) is 33.5 Å². The minimum absolute atomic E-state index is 0.164. The second-order valence-electron chi connectivity index (χ2n) is 3.10. The van der Waals surface area contributed by atoms with Crippen molar-refractivity contribution in [3.8, 4) is 0 Å². The van der Waals surface area contributed by atoms with Gasteiger partial charge >= 0.3 is 0 Å². The summed E-state index contributed by atoms with van der Waals surface area (Å²) < 4.78 is 0.591. The lowest BCUT2D eigenvalue weighted by Gasteiger charge is -2.04. The predicted molar refractivity (Wildman–Crippen MR) is 67.4 cm³/mol. The first kappa shape index (κ1) is 13.2. The van der Waals surface area contributed by atoms with Gasteiger partial charge in [-0.1, -0.05) is 16.5 Å². The normalized spacial score (nSPS) is 11.5. The van der Waals surface area contributed by atoms with Gasteiger partial charge < -0.3 is 10.9 Å². The van der Waals surface area contributed by atoms with Crippen molar-refractivity contribution in [2.24, 2.45) is 10.9 Å². The zero-order valence-electron chi connectivity index (χ0n) is 9.13. The van der Waals surface area contributed by atoms with E-state index in [0.29, 0.717) is 9.37 Å². The molecule has 19 heavy (non-hydrogen) atoms. The van der Waals surface area contributed by atoms with E-state index in [1.165, 1.54) is 22.9 Å². The molecular weight excluding hydrogens is 292 g/mol. The van der Waals surface area contributed by atoms with Crippen molar-refractivity contribution < 1.29 is 10.1 Å². The van der Waals surface area contributed by atoms with E-state index in [0.717, 1.165) is 18.0 Å². The lowest BCUT2D eigenvalue weighted by Crippen LogP contribution is -2.15. The maximum absolute atomic E-state index is 10.7. The molecule has 0 aliphatic heterocycles. The molecule has 11 heteroatoms. The van der Waals surface area contributed by atoms with E-state index in [4.69, 9.17) is 10.9 Å². The van der Waals surface area contributed by atoms with Crippen molar-refractivity contribution in [1.29, 1.82) is 0 Å². The molecule has 0 fully saturated rings. The maximum Gasteiger partial charge on any atom is 0.288 e. The van der Waals surface area contributed by atoms with Gasteiger partial charge in [-0.15, -0.1) is 10.2 Å². The molecule has 0 saturated heterocycles. The number of nitrogens with zero attached hydrogens (tertiary/aromatic N) is 5. The van der Waals surface area contributed by atoms with E-state index in [-0.39, 0.29) is 17.1 Å². The lowest BCUT2D eigenvalue weighted by atomic mass is 10.2. The van der Waals surface area contributed by atoms with Crippen LogP contribution in [0.5, 0.6) is 0 Å². The minimum Gasteiger partial charge on any atom is -0.409 e. The largest absolute Gasteiger partial charge is 0.409 e. The summed E-state index contributed by atoms with van der Waals surface area (Å²) >= 11 is 2.40. The average Bonchev–Trinajstić information content (AvgIpc) is 2.91. The van der Waals surface area contributed by atoms with Crippen molar-refractivity contribution >= 4 is 34.6 Å². The molecule has 9 nitrogen and oxygen atoms in total. The van der Waals surface area contributed by atoms with Gasteiger partial charge in [0.25, 0.3) is 5.69 Å². The maximum atomic E-state index is 10.7. The fraction of sp³-hybridized carbons (Fsp3) is 0. The molecule has 2 aromatic rings. The third-order valence-electron chi connectivity index (χ3n) is 1.96. The van der Waals surface area contributed by atoms with Gasteiger partial charge in [0, 0.05) is 6.07 Å². The summed E-state index contributed by atoms with van der Waals surface area (Å²) in [7, 11) is 0. The highest BCUT2D eigenvalue weighted by molar-refractivity contribution is 8.01. The van der Waals surface area contributed by atoms with Crippen LogP contribution in [0.25, 0.3) is 0 Å². The molecule has 0 spiro atoms. The van der Waals surface area contributed by atoms with Gasteiger partial charge in [0.05, 0.1) is 10.5 Å². The zero-order chi connectivity index (χ0) is 13.8. The van der Waals surface area contributed by atoms with Crippen LogP contribution in [0.2, 0.25) is 0 Å². The van der Waals surface area contributed by atoms with Crippen LogP contribution in [0.4, 0.5) is 5.69 Å². The molecule has 0 aromatic carbocycles. The van der Waals surface area contributed by atoms with Gasteiger partial charge in [0.2, 0.25) is 0 Å². The molecule has 2 rings (SSSR count). The Balaban J connectivity index is 2.44. The summed E-state index contributed by atoms with van der Waals surface area (Å²) in [5, 5.41) is 30.0.